The number of amides is 1. The number of carbonyl (C=O) groups excluding carboxylic acids is 2. The zero-order chi connectivity index (χ0) is 31.0. The van der Waals surface area contributed by atoms with Crippen molar-refractivity contribution in [3.8, 4) is 5.75 Å². The monoisotopic (exact) mass is 577 g/mol. The Bertz CT molecular complexity index is 1430. The van der Waals surface area contributed by atoms with Crippen LogP contribution in [0.5, 0.6) is 5.75 Å². The number of hydrogen-bond acceptors (Lipinski definition) is 9. The number of ketones is 1. The minimum atomic E-state index is -2.35. The SMILES string of the molecule is [B]=C1C(C(N)=O)=C(O)[C@@H](N(C)C)[C@@H]2C[C@@H]3Cc4c(c(OC)cc(CN(C)[C@H](C)C5CC5)c4N(C)C)C(O)=C3C(=O)[C@]12O. The predicted octanol–water partition coefficient (Wildman–Crippen LogP) is 1.34. The second-order valence-corrected chi connectivity index (χ2v) is 12.9. The number of anilines is 1. The summed E-state index contributed by atoms with van der Waals surface area (Å²) in [7, 11) is 17.2. The third kappa shape index (κ3) is 4.39. The summed E-state index contributed by atoms with van der Waals surface area (Å²) in [5.41, 5.74) is 5.57. The van der Waals surface area contributed by atoms with E-state index in [1.54, 1.807) is 19.0 Å². The van der Waals surface area contributed by atoms with E-state index in [4.69, 9.17) is 18.0 Å². The van der Waals surface area contributed by atoms with Crippen molar-refractivity contribution < 1.29 is 29.6 Å². The van der Waals surface area contributed by atoms with E-state index in [0.29, 0.717) is 36.2 Å². The number of aliphatic hydroxyl groups is 3. The van der Waals surface area contributed by atoms with Gasteiger partial charge in [-0.1, -0.05) is 0 Å². The number of carbonyl (C=O) groups is 2. The fourth-order valence-corrected chi connectivity index (χ4v) is 7.64. The number of fused-ring (bicyclic) bond motifs is 3. The number of primary amides is 1. The summed E-state index contributed by atoms with van der Waals surface area (Å²) in [6.45, 7) is 2.93. The van der Waals surface area contributed by atoms with Gasteiger partial charge in [0.1, 0.15) is 0 Å². The Morgan fingerprint density at radius 3 is 2.38 bits per heavy atom. The van der Waals surface area contributed by atoms with E-state index in [-0.39, 0.29) is 23.5 Å². The van der Waals surface area contributed by atoms with Gasteiger partial charge in [0.05, 0.1) is 0 Å². The van der Waals surface area contributed by atoms with Gasteiger partial charge in [0.2, 0.25) is 0 Å². The molecule has 5 atom stereocenters. The van der Waals surface area contributed by atoms with Gasteiger partial charge in [-0.05, 0) is 25.7 Å². The molecule has 0 saturated heterocycles. The summed E-state index contributed by atoms with van der Waals surface area (Å²) < 4.78 is 5.80. The fourth-order valence-electron chi connectivity index (χ4n) is 7.64. The molecule has 5 rings (SSSR count). The van der Waals surface area contributed by atoms with Crippen LogP contribution in [-0.2, 0) is 22.6 Å². The first-order chi connectivity index (χ1) is 19.7. The number of ether oxygens (including phenoxy) is 1. The number of methoxy groups -OCH3 is 1. The van der Waals surface area contributed by atoms with Crippen LogP contribution in [0.25, 0.3) is 5.76 Å². The summed E-state index contributed by atoms with van der Waals surface area (Å²) in [6.07, 6.45) is 3.11. The summed E-state index contributed by atoms with van der Waals surface area (Å²) in [5, 5.41) is 34.9. The Morgan fingerprint density at radius 1 is 1.21 bits per heavy atom. The van der Waals surface area contributed by atoms with Crippen LogP contribution in [0.2, 0.25) is 0 Å². The molecule has 0 aromatic heterocycles. The number of hydrogen-bond donors (Lipinski definition) is 4. The van der Waals surface area contributed by atoms with Crippen molar-refractivity contribution in [3.05, 3.63) is 39.7 Å². The third-order valence-electron chi connectivity index (χ3n) is 9.95. The van der Waals surface area contributed by atoms with E-state index in [1.807, 2.05) is 25.1 Å². The van der Waals surface area contributed by atoms with E-state index in [1.165, 1.54) is 20.0 Å². The van der Waals surface area contributed by atoms with E-state index < -0.39 is 46.2 Å². The van der Waals surface area contributed by atoms with Crippen molar-refractivity contribution in [1.29, 1.82) is 0 Å². The topological polar surface area (TPSA) is 140 Å². The Labute approximate surface area is 248 Å². The van der Waals surface area contributed by atoms with Gasteiger partial charge in [0.25, 0.3) is 0 Å². The molecule has 0 spiro atoms. The number of nitrogens with zero attached hydrogens (tertiary/aromatic N) is 3. The van der Waals surface area contributed by atoms with Crippen LogP contribution in [0.15, 0.2) is 23.0 Å². The Morgan fingerprint density at radius 2 is 1.86 bits per heavy atom. The molecule has 11 heteroatoms. The number of Topliss-reactive ketones (excluding diaryl/α,β-unsaturated/α-hetero) is 1. The van der Waals surface area contributed by atoms with Gasteiger partial charge in [0, 0.05) is 0 Å². The number of benzene rings is 1. The quantitative estimate of drug-likeness (QED) is 0.337. The van der Waals surface area contributed by atoms with Gasteiger partial charge < -0.3 is 0 Å². The first-order valence-corrected chi connectivity index (χ1v) is 14.5. The van der Waals surface area contributed by atoms with E-state index in [9.17, 15) is 24.9 Å². The average Bonchev–Trinajstić information content (AvgIpc) is 3.74. The normalized spacial score (nSPS) is 28.1. The molecule has 225 valence electrons. The minimum absolute atomic E-state index is 0.0437. The molecule has 2 fully saturated rings. The molecule has 0 unspecified atom stereocenters. The number of aliphatic hydroxyl groups excluding tert-OH is 2. The average molecular weight is 578 g/mol. The molecular weight excluding hydrogens is 535 g/mol. The van der Waals surface area contributed by atoms with Crippen molar-refractivity contribution in [2.24, 2.45) is 23.5 Å². The maximum absolute atomic E-state index is 14.3. The van der Waals surface area contributed by atoms with Crippen molar-refractivity contribution in [1.82, 2.24) is 9.80 Å². The molecule has 0 heterocycles. The standard InChI is InChI=1S/C31H42BN4O6/c1-14(15-8-9-15)36(6)13-17-12-20(42-7)22-18(24(17)34(2)3)10-16-11-19-25(35(4)5)27(38)23(30(33)40)28(32)31(19,41)29(39)21(16)26(22)37/h12,14-16,19,25,37-38,41H,8-11,13H2,1-7H3,(H2,33,40)/t14-,16+,19+,25+,31-/m1/s1. The molecule has 1 amide bonds. The van der Waals surface area contributed by atoms with Crippen LogP contribution in [0, 0.1) is 17.8 Å². The van der Waals surface area contributed by atoms with Crippen LogP contribution in [0.1, 0.15) is 42.9 Å². The molecule has 1 radical (unpaired) electrons. The van der Waals surface area contributed by atoms with Crippen molar-refractivity contribution in [3.63, 3.8) is 0 Å². The zero-order valence-corrected chi connectivity index (χ0v) is 25.6. The van der Waals surface area contributed by atoms with E-state index in [0.717, 1.165) is 16.8 Å². The van der Waals surface area contributed by atoms with Crippen LogP contribution in [0.4, 0.5) is 5.69 Å². The van der Waals surface area contributed by atoms with E-state index >= 15 is 0 Å². The first-order valence-electron chi connectivity index (χ1n) is 14.5. The van der Waals surface area contributed by atoms with Gasteiger partial charge >= 0.3 is 223 Å². The molecule has 5 N–H and O–H groups in total. The molecule has 2 saturated carbocycles. The summed E-state index contributed by atoms with van der Waals surface area (Å²) >= 11 is 0. The fraction of sp³-hybridized carbons (Fsp3) is 0.581. The van der Waals surface area contributed by atoms with Gasteiger partial charge in [-0.3, -0.25) is 0 Å². The second kappa shape index (κ2) is 10.5. The van der Waals surface area contributed by atoms with Gasteiger partial charge in [-0.25, -0.2) is 0 Å². The Kier molecular flexibility index (Phi) is 7.61. The molecule has 4 aliphatic carbocycles. The summed E-state index contributed by atoms with van der Waals surface area (Å²) in [6, 6.07) is 1.45. The molecule has 10 nitrogen and oxygen atoms in total. The van der Waals surface area contributed by atoms with Crippen molar-refractivity contribution in [2.75, 3.05) is 47.2 Å². The van der Waals surface area contributed by atoms with Crippen LogP contribution in [0.3, 0.4) is 0 Å². The van der Waals surface area contributed by atoms with Crippen molar-refractivity contribution >= 4 is 36.1 Å². The number of nitrogens with two attached hydrogens (primary N) is 1. The molecule has 42 heavy (non-hydrogen) atoms. The molecule has 0 bridgehead atoms. The molecule has 1 aromatic carbocycles. The summed E-state index contributed by atoms with van der Waals surface area (Å²) in [5.74, 6) is -2.70. The maximum atomic E-state index is 14.3. The van der Waals surface area contributed by atoms with E-state index in [2.05, 4.69) is 18.9 Å². The Hall–Kier alpha value is -3.15. The van der Waals surface area contributed by atoms with Crippen LogP contribution < -0.4 is 15.4 Å². The Balaban J connectivity index is 1.68. The first kappa shape index (κ1) is 30.3. The van der Waals surface area contributed by atoms with Gasteiger partial charge in [0.15, 0.2) is 0 Å². The molecule has 0 aliphatic heterocycles. The van der Waals surface area contributed by atoms with Crippen molar-refractivity contribution in [2.45, 2.75) is 56.8 Å². The number of likely N-dealkylation sites (N-methyl/N-ethyl adjacent to an activating group) is 1. The van der Waals surface area contributed by atoms with Crippen LogP contribution in [-0.4, -0.2) is 110 Å². The molecule has 4 aliphatic rings. The van der Waals surface area contributed by atoms with Crippen LogP contribution >= 0.6 is 0 Å². The molecule has 1 aromatic rings. The van der Waals surface area contributed by atoms with Gasteiger partial charge in [-0.2, -0.15) is 0 Å². The zero-order valence-electron chi connectivity index (χ0n) is 25.6. The summed E-state index contributed by atoms with van der Waals surface area (Å²) in [4.78, 5) is 32.6. The second-order valence-electron chi connectivity index (χ2n) is 12.9. The predicted molar refractivity (Wildman–Crippen MR) is 163 cm³/mol. The van der Waals surface area contributed by atoms with Gasteiger partial charge in [-0.15, -0.1) is 0 Å². The molecular formula is C31H42BN4O6. The third-order valence-corrected chi connectivity index (χ3v) is 9.95. The number of rotatable bonds is 8.